The lowest BCUT2D eigenvalue weighted by Gasteiger charge is -2.24. The fourth-order valence-corrected chi connectivity index (χ4v) is 6.33. The number of rotatable bonds is 4. The van der Waals surface area contributed by atoms with Gasteiger partial charge >= 0.3 is 0 Å². The SMILES string of the molecule is COc1ccc([C@@H]2SCCN2S(=O)(=O)c2ccc(F)cc2)cc1Br. The van der Waals surface area contributed by atoms with Crippen LogP contribution in [0.1, 0.15) is 10.9 Å². The lowest BCUT2D eigenvalue weighted by atomic mass is 10.2. The Morgan fingerprint density at radius 1 is 1.25 bits per heavy atom. The maximum atomic E-state index is 13.1. The minimum absolute atomic E-state index is 0.101. The van der Waals surface area contributed by atoms with Gasteiger partial charge in [0.2, 0.25) is 10.0 Å². The second-order valence-electron chi connectivity index (χ2n) is 5.19. The molecule has 1 heterocycles. The summed E-state index contributed by atoms with van der Waals surface area (Å²) in [5.41, 5.74) is 0.871. The van der Waals surface area contributed by atoms with Crippen molar-refractivity contribution in [3.8, 4) is 5.75 Å². The Balaban J connectivity index is 1.95. The molecule has 8 heteroatoms. The Bertz CT molecular complexity index is 843. The maximum Gasteiger partial charge on any atom is 0.244 e. The van der Waals surface area contributed by atoms with Crippen molar-refractivity contribution in [2.24, 2.45) is 0 Å². The van der Waals surface area contributed by atoms with Crippen LogP contribution >= 0.6 is 27.7 Å². The van der Waals surface area contributed by atoms with E-state index in [9.17, 15) is 12.8 Å². The van der Waals surface area contributed by atoms with Crippen LogP contribution in [0.5, 0.6) is 5.75 Å². The summed E-state index contributed by atoms with van der Waals surface area (Å²) in [4.78, 5) is 0.101. The fraction of sp³-hybridized carbons (Fsp3) is 0.250. The van der Waals surface area contributed by atoms with Crippen LogP contribution in [0.2, 0.25) is 0 Å². The molecular formula is C16H15BrFNO3S2. The van der Waals surface area contributed by atoms with E-state index in [-0.39, 0.29) is 10.3 Å². The van der Waals surface area contributed by atoms with Gasteiger partial charge in [-0.3, -0.25) is 0 Å². The van der Waals surface area contributed by atoms with Crippen molar-refractivity contribution < 1.29 is 17.5 Å². The number of methoxy groups -OCH3 is 1. The molecule has 24 heavy (non-hydrogen) atoms. The smallest absolute Gasteiger partial charge is 0.244 e. The number of hydrogen-bond donors (Lipinski definition) is 0. The third kappa shape index (κ3) is 3.33. The second-order valence-corrected chi connectivity index (χ2v) is 9.12. The molecule has 0 aromatic heterocycles. The first-order chi connectivity index (χ1) is 11.4. The molecule has 1 aliphatic rings. The monoisotopic (exact) mass is 431 g/mol. The first-order valence-corrected chi connectivity index (χ1v) is 10.4. The standard InChI is InChI=1S/C16H15BrFNO3S2/c1-22-15-7-2-11(10-14(15)17)16-19(8-9-23-16)24(20,21)13-5-3-12(18)4-6-13/h2-7,10,16H,8-9H2,1H3/t16-/m0/s1. The summed E-state index contributed by atoms with van der Waals surface area (Å²) in [5.74, 6) is 0.935. The molecule has 0 amide bonds. The third-order valence-electron chi connectivity index (χ3n) is 3.73. The molecule has 4 nitrogen and oxygen atoms in total. The maximum absolute atomic E-state index is 13.1. The molecule has 1 atom stereocenters. The van der Waals surface area contributed by atoms with Gasteiger partial charge < -0.3 is 4.74 Å². The lowest BCUT2D eigenvalue weighted by Crippen LogP contribution is -2.30. The van der Waals surface area contributed by atoms with Crippen molar-refractivity contribution in [2.45, 2.75) is 10.3 Å². The zero-order chi connectivity index (χ0) is 17.3. The van der Waals surface area contributed by atoms with Gasteiger partial charge in [0.05, 0.1) is 21.9 Å². The topological polar surface area (TPSA) is 46.6 Å². The quantitative estimate of drug-likeness (QED) is 0.732. The van der Waals surface area contributed by atoms with E-state index >= 15 is 0 Å². The molecule has 1 fully saturated rings. The molecule has 0 spiro atoms. The van der Waals surface area contributed by atoms with Crippen molar-refractivity contribution in [3.05, 3.63) is 58.3 Å². The lowest BCUT2D eigenvalue weighted by molar-refractivity contribution is 0.410. The summed E-state index contributed by atoms with van der Waals surface area (Å²) < 4.78 is 46.3. The van der Waals surface area contributed by atoms with Crippen molar-refractivity contribution in [2.75, 3.05) is 19.4 Å². The van der Waals surface area contributed by atoms with Gasteiger partial charge in [-0.15, -0.1) is 11.8 Å². The molecule has 0 bridgehead atoms. The Hall–Kier alpha value is -1.09. The van der Waals surface area contributed by atoms with Crippen LogP contribution in [-0.2, 0) is 10.0 Å². The largest absolute Gasteiger partial charge is 0.496 e. The van der Waals surface area contributed by atoms with Crippen LogP contribution in [0.15, 0.2) is 51.8 Å². The van der Waals surface area contributed by atoms with Gasteiger partial charge in [0.15, 0.2) is 0 Å². The molecule has 1 saturated heterocycles. The minimum atomic E-state index is -3.68. The molecule has 128 valence electrons. The first-order valence-electron chi connectivity index (χ1n) is 7.16. The predicted octanol–water partition coefficient (Wildman–Crippen LogP) is 4.03. The van der Waals surface area contributed by atoms with Gasteiger partial charge in [-0.25, -0.2) is 12.8 Å². The number of halogens is 2. The highest BCUT2D eigenvalue weighted by atomic mass is 79.9. The van der Waals surface area contributed by atoms with Crippen LogP contribution in [0.25, 0.3) is 0 Å². The normalized spacial score (nSPS) is 18.7. The molecule has 2 aromatic rings. The first kappa shape index (κ1) is 17.7. The molecule has 1 aliphatic heterocycles. The van der Waals surface area contributed by atoms with Crippen LogP contribution < -0.4 is 4.74 Å². The Morgan fingerprint density at radius 3 is 2.58 bits per heavy atom. The minimum Gasteiger partial charge on any atom is -0.496 e. The number of nitrogens with zero attached hydrogens (tertiary/aromatic N) is 1. The van der Waals surface area contributed by atoms with Gasteiger partial charge in [0.25, 0.3) is 0 Å². The number of thioether (sulfide) groups is 1. The van der Waals surface area contributed by atoms with Crippen molar-refractivity contribution >= 4 is 37.7 Å². The zero-order valence-electron chi connectivity index (χ0n) is 12.8. The zero-order valence-corrected chi connectivity index (χ0v) is 16.0. The fourth-order valence-electron chi connectivity index (χ4n) is 2.54. The van der Waals surface area contributed by atoms with E-state index in [0.29, 0.717) is 18.0 Å². The molecular weight excluding hydrogens is 417 g/mol. The van der Waals surface area contributed by atoms with Crippen molar-refractivity contribution in [1.29, 1.82) is 0 Å². The number of hydrogen-bond acceptors (Lipinski definition) is 4. The summed E-state index contributed by atoms with van der Waals surface area (Å²) in [5, 5.41) is -0.317. The van der Waals surface area contributed by atoms with Crippen LogP contribution in [0.4, 0.5) is 4.39 Å². The van der Waals surface area contributed by atoms with Gasteiger partial charge in [-0.05, 0) is 57.9 Å². The van der Waals surface area contributed by atoms with Gasteiger partial charge in [-0.2, -0.15) is 4.31 Å². The highest BCUT2D eigenvalue weighted by Gasteiger charge is 2.37. The third-order valence-corrected chi connectivity index (χ3v) is 7.62. The van der Waals surface area contributed by atoms with Crippen LogP contribution in [-0.4, -0.2) is 32.1 Å². The Labute approximate surface area is 153 Å². The summed E-state index contributed by atoms with van der Waals surface area (Å²) in [6, 6.07) is 10.5. The van der Waals surface area contributed by atoms with E-state index in [0.717, 1.165) is 22.2 Å². The van der Waals surface area contributed by atoms with E-state index in [1.54, 1.807) is 24.9 Å². The second kappa shape index (κ2) is 7.03. The van der Waals surface area contributed by atoms with Gasteiger partial charge in [-0.1, -0.05) is 6.07 Å². The van der Waals surface area contributed by atoms with Gasteiger partial charge in [0, 0.05) is 12.3 Å². The number of benzene rings is 2. The van der Waals surface area contributed by atoms with E-state index < -0.39 is 15.8 Å². The highest BCUT2D eigenvalue weighted by molar-refractivity contribution is 9.10. The van der Waals surface area contributed by atoms with E-state index in [4.69, 9.17) is 4.74 Å². The van der Waals surface area contributed by atoms with E-state index in [1.807, 2.05) is 12.1 Å². The van der Waals surface area contributed by atoms with E-state index in [2.05, 4.69) is 15.9 Å². The molecule has 0 N–H and O–H groups in total. The Morgan fingerprint density at radius 2 is 1.96 bits per heavy atom. The average Bonchev–Trinajstić information content (AvgIpc) is 3.05. The molecule has 2 aromatic carbocycles. The van der Waals surface area contributed by atoms with Gasteiger partial charge in [0.1, 0.15) is 11.6 Å². The average molecular weight is 432 g/mol. The molecule has 0 saturated carbocycles. The number of ether oxygens (including phenoxy) is 1. The number of sulfonamides is 1. The van der Waals surface area contributed by atoms with Crippen LogP contribution in [0.3, 0.4) is 0 Å². The Kier molecular flexibility index (Phi) is 5.19. The predicted molar refractivity (Wildman–Crippen MR) is 96.2 cm³/mol. The summed E-state index contributed by atoms with van der Waals surface area (Å²) in [6.07, 6.45) is 0. The van der Waals surface area contributed by atoms with Crippen molar-refractivity contribution in [1.82, 2.24) is 4.31 Å². The molecule has 0 aliphatic carbocycles. The summed E-state index contributed by atoms with van der Waals surface area (Å²) in [6.45, 7) is 0.415. The van der Waals surface area contributed by atoms with Crippen molar-refractivity contribution in [3.63, 3.8) is 0 Å². The highest BCUT2D eigenvalue weighted by Crippen LogP contribution is 2.43. The summed E-state index contributed by atoms with van der Waals surface area (Å²) in [7, 11) is -2.10. The van der Waals surface area contributed by atoms with E-state index in [1.165, 1.54) is 16.4 Å². The molecule has 0 radical (unpaired) electrons. The molecule has 3 rings (SSSR count). The molecule has 0 unspecified atom stereocenters. The van der Waals surface area contributed by atoms with Crippen LogP contribution in [0, 0.1) is 5.82 Å². The summed E-state index contributed by atoms with van der Waals surface area (Å²) >= 11 is 5.00.